The Labute approximate surface area is 156 Å². The van der Waals surface area contributed by atoms with Gasteiger partial charge in [-0.15, -0.1) is 11.8 Å². The number of aromatic nitrogens is 1. The predicted molar refractivity (Wildman–Crippen MR) is 108 cm³/mol. The molecular weight excluding hydrogens is 344 g/mol. The number of aromatic hydroxyl groups is 1. The lowest BCUT2D eigenvalue weighted by Gasteiger charge is -2.15. The number of hydrogen-bond acceptors (Lipinski definition) is 4. The maximum absolute atomic E-state index is 12.3. The molecule has 2 aromatic carbocycles. The summed E-state index contributed by atoms with van der Waals surface area (Å²) in [7, 11) is 0. The van der Waals surface area contributed by atoms with E-state index in [9.17, 15) is 9.90 Å². The van der Waals surface area contributed by atoms with Crippen molar-refractivity contribution in [2.75, 3.05) is 12.3 Å². The normalized spacial score (nSPS) is 14.5. The molecule has 1 aliphatic heterocycles. The second-order valence-electron chi connectivity index (χ2n) is 6.71. The van der Waals surface area contributed by atoms with Gasteiger partial charge in [-0.05, 0) is 54.1 Å². The summed E-state index contributed by atoms with van der Waals surface area (Å²) in [6.07, 6.45) is 1.85. The SMILES string of the molecule is CCC(CN)c1ccc(-c2c(O)ccc3[nH]c(=O)c4c(c23)CCS4)cc1. The lowest BCUT2D eigenvalue weighted by atomic mass is 9.91. The van der Waals surface area contributed by atoms with Crippen LogP contribution in [-0.2, 0) is 6.42 Å². The molecular formula is C21H22N2O2S. The zero-order valence-electron chi connectivity index (χ0n) is 14.7. The van der Waals surface area contributed by atoms with Crippen molar-refractivity contribution in [3.05, 3.63) is 57.9 Å². The number of aromatic amines is 1. The Bertz CT molecular complexity index is 1020. The maximum atomic E-state index is 12.3. The molecule has 3 aromatic rings. The van der Waals surface area contributed by atoms with Gasteiger partial charge in [-0.2, -0.15) is 0 Å². The van der Waals surface area contributed by atoms with Crippen molar-refractivity contribution in [1.82, 2.24) is 4.98 Å². The second kappa shape index (κ2) is 6.82. The molecule has 0 amide bonds. The first-order valence-corrected chi connectivity index (χ1v) is 9.96. The summed E-state index contributed by atoms with van der Waals surface area (Å²) < 4.78 is 0. The van der Waals surface area contributed by atoms with Gasteiger partial charge in [-0.25, -0.2) is 0 Å². The highest BCUT2D eigenvalue weighted by Crippen LogP contribution is 2.42. The minimum Gasteiger partial charge on any atom is -0.507 e. The molecule has 1 atom stereocenters. The lowest BCUT2D eigenvalue weighted by Crippen LogP contribution is -2.11. The molecule has 2 heterocycles. The summed E-state index contributed by atoms with van der Waals surface area (Å²) in [6, 6.07) is 11.7. The van der Waals surface area contributed by atoms with Gasteiger partial charge in [0.05, 0.1) is 4.90 Å². The van der Waals surface area contributed by atoms with E-state index in [-0.39, 0.29) is 11.3 Å². The molecule has 5 heteroatoms. The Morgan fingerprint density at radius 1 is 1.23 bits per heavy atom. The largest absolute Gasteiger partial charge is 0.507 e. The van der Waals surface area contributed by atoms with Crippen LogP contribution in [-0.4, -0.2) is 22.4 Å². The van der Waals surface area contributed by atoms with Crippen molar-refractivity contribution in [1.29, 1.82) is 0 Å². The number of rotatable bonds is 4. The van der Waals surface area contributed by atoms with E-state index in [1.165, 1.54) is 5.56 Å². The standard InChI is InChI=1S/C21H22N2O2S/c1-2-12(11-22)13-3-5-14(6-4-13)18-17(24)8-7-16-19(18)15-9-10-26-20(15)21(25)23-16/h3-8,12,24H,2,9-11,22H2,1H3,(H,23,25). The first kappa shape index (κ1) is 17.2. The molecule has 4 nitrogen and oxygen atoms in total. The third-order valence-corrected chi connectivity index (χ3v) is 6.39. The third-order valence-electron chi connectivity index (χ3n) is 5.26. The molecule has 0 saturated heterocycles. The average molecular weight is 366 g/mol. The third kappa shape index (κ3) is 2.72. The summed E-state index contributed by atoms with van der Waals surface area (Å²) in [6.45, 7) is 2.76. The van der Waals surface area contributed by atoms with Crippen LogP contribution < -0.4 is 11.3 Å². The summed E-state index contributed by atoms with van der Waals surface area (Å²) in [5, 5.41) is 11.6. The average Bonchev–Trinajstić information content (AvgIpc) is 3.15. The van der Waals surface area contributed by atoms with E-state index >= 15 is 0 Å². The van der Waals surface area contributed by atoms with Gasteiger partial charge in [0.1, 0.15) is 5.75 Å². The molecule has 4 N–H and O–H groups in total. The van der Waals surface area contributed by atoms with Crippen LogP contribution in [0.2, 0.25) is 0 Å². The summed E-state index contributed by atoms with van der Waals surface area (Å²) in [5.74, 6) is 1.49. The van der Waals surface area contributed by atoms with Crippen molar-refractivity contribution in [2.24, 2.45) is 5.73 Å². The van der Waals surface area contributed by atoms with Crippen molar-refractivity contribution in [3.63, 3.8) is 0 Å². The molecule has 0 saturated carbocycles. The number of phenols is 1. The number of nitrogens with two attached hydrogens (primary N) is 1. The van der Waals surface area contributed by atoms with Crippen LogP contribution in [0.1, 0.15) is 30.4 Å². The molecule has 0 spiro atoms. The highest BCUT2D eigenvalue weighted by molar-refractivity contribution is 7.99. The monoisotopic (exact) mass is 366 g/mol. The Kier molecular flexibility index (Phi) is 4.51. The van der Waals surface area contributed by atoms with E-state index in [4.69, 9.17) is 5.73 Å². The second-order valence-corrected chi connectivity index (χ2v) is 7.81. The first-order chi connectivity index (χ1) is 12.6. The van der Waals surface area contributed by atoms with Crippen LogP contribution in [0.5, 0.6) is 5.75 Å². The molecule has 1 unspecified atom stereocenters. The van der Waals surface area contributed by atoms with Gasteiger partial charge in [-0.1, -0.05) is 31.2 Å². The fourth-order valence-corrected chi connectivity index (χ4v) is 4.91. The molecule has 0 bridgehead atoms. The van der Waals surface area contributed by atoms with Crippen molar-refractivity contribution >= 4 is 22.7 Å². The minimum atomic E-state index is -0.0317. The summed E-state index contributed by atoms with van der Waals surface area (Å²) in [5.41, 5.74) is 10.6. The smallest absolute Gasteiger partial charge is 0.262 e. The highest BCUT2D eigenvalue weighted by Gasteiger charge is 2.22. The first-order valence-electron chi connectivity index (χ1n) is 8.98. The van der Waals surface area contributed by atoms with Crippen LogP contribution in [0, 0.1) is 0 Å². The van der Waals surface area contributed by atoms with E-state index in [0.29, 0.717) is 12.5 Å². The number of fused-ring (bicyclic) bond motifs is 3. The van der Waals surface area contributed by atoms with Gasteiger partial charge < -0.3 is 15.8 Å². The van der Waals surface area contributed by atoms with Gasteiger partial charge in [-0.3, -0.25) is 4.79 Å². The summed E-state index contributed by atoms with van der Waals surface area (Å²) >= 11 is 1.59. The number of phenolic OH excluding ortho intramolecular Hbond substituents is 1. The van der Waals surface area contributed by atoms with Gasteiger partial charge in [0, 0.05) is 22.2 Å². The van der Waals surface area contributed by atoms with Crippen molar-refractivity contribution in [3.8, 4) is 16.9 Å². The van der Waals surface area contributed by atoms with Crippen molar-refractivity contribution in [2.45, 2.75) is 30.6 Å². The lowest BCUT2D eigenvalue weighted by molar-refractivity contribution is 0.478. The van der Waals surface area contributed by atoms with E-state index in [2.05, 4.69) is 24.0 Å². The van der Waals surface area contributed by atoms with Crippen LogP contribution in [0.4, 0.5) is 0 Å². The number of pyridine rings is 1. The zero-order chi connectivity index (χ0) is 18.3. The maximum Gasteiger partial charge on any atom is 0.262 e. The molecule has 0 aliphatic carbocycles. The van der Waals surface area contributed by atoms with Gasteiger partial charge in [0.25, 0.3) is 5.56 Å². The van der Waals surface area contributed by atoms with Gasteiger partial charge >= 0.3 is 0 Å². The van der Waals surface area contributed by atoms with Crippen LogP contribution in [0.25, 0.3) is 22.0 Å². The van der Waals surface area contributed by atoms with E-state index in [1.54, 1.807) is 23.9 Å². The zero-order valence-corrected chi connectivity index (χ0v) is 15.5. The quantitative estimate of drug-likeness (QED) is 0.652. The van der Waals surface area contributed by atoms with E-state index < -0.39 is 0 Å². The Morgan fingerprint density at radius 2 is 2.00 bits per heavy atom. The number of nitrogens with one attached hydrogen (secondary N) is 1. The van der Waals surface area contributed by atoms with Crippen LogP contribution >= 0.6 is 11.8 Å². The Morgan fingerprint density at radius 3 is 2.69 bits per heavy atom. The Hall–Kier alpha value is -2.24. The molecule has 1 aliphatic rings. The molecule has 134 valence electrons. The number of hydrogen-bond donors (Lipinski definition) is 3. The number of benzene rings is 2. The molecule has 26 heavy (non-hydrogen) atoms. The van der Waals surface area contributed by atoms with Gasteiger partial charge in [0.15, 0.2) is 0 Å². The summed E-state index contributed by atoms with van der Waals surface area (Å²) in [4.78, 5) is 16.1. The van der Waals surface area contributed by atoms with Crippen LogP contribution in [0.3, 0.4) is 0 Å². The molecule has 1 aromatic heterocycles. The number of thioether (sulfide) groups is 1. The highest BCUT2D eigenvalue weighted by atomic mass is 32.2. The Balaban J connectivity index is 1.93. The molecule has 0 fully saturated rings. The number of H-pyrrole nitrogens is 1. The molecule has 0 radical (unpaired) electrons. The fourth-order valence-electron chi connectivity index (χ4n) is 3.84. The minimum absolute atomic E-state index is 0.0317. The van der Waals surface area contributed by atoms with Gasteiger partial charge in [0.2, 0.25) is 0 Å². The van der Waals surface area contributed by atoms with Crippen LogP contribution in [0.15, 0.2) is 46.1 Å². The fraction of sp³-hybridized carbons (Fsp3) is 0.286. The topological polar surface area (TPSA) is 79.1 Å². The molecule has 4 rings (SSSR count). The van der Waals surface area contributed by atoms with Crippen molar-refractivity contribution < 1.29 is 5.11 Å². The predicted octanol–water partition coefficient (Wildman–Crippen LogP) is 4.00. The van der Waals surface area contributed by atoms with E-state index in [0.717, 1.165) is 51.1 Å². The van der Waals surface area contributed by atoms with E-state index in [1.807, 2.05) is 12.1 Å². The number of aryl methyl sites for hydroxylation is 1.